The summed E-state index contributed by atoms with van der Waals surface area (Å²) in [7, 11) is 0. The van der Waals surface area contributed by atoms with Crippen LogP contribution in [0.3, 0.4) is 0 Å². The van der Waals surface area contributed by atoms with Crippen LogP contribution in [0.15, 0.2) is 59.0 Å². The first-order chi connectivity index (χ1) is 11.5. The second kappa shape index (κ2) is 6.87. The Morgan fingerprint density at radius 2 is 1.62 bits per heavy atom. The Labute approximate surface area is 142 Å². The molecule has 3 aromatic rings. The van der Waals surface area contributed by atoms with Gasteiger partial charge >= 0.3 is 0 Å². The van der Waals surface area contributed by atoms with E-state index in [1.54, 1.807) is 0 Å². The highest BCUT2D eigenvalue weighted by molar-refractivity contribution is 5.54. The molecule has 0 bridgehead atoms. The van der Waals surface area contributed by atoms with Crippen LogP contribution in [0.2, 0.25) is 0 Å². The number of benzene rings is 2. The number of hydrogen-bond donors (Lipinski definition) is 1. The molecule has 0 unspecified atom stereocenters. The van der Waals surface area contributed by atoms with Crippen LogP contribution in [0.1, 0.15) is 32.2 Å². The molecule has 4 heteroatoms. The van der Waals surface area contributed by atoms with Gasteiger partial charge in [0.2, 0.25) is 11.8 Å². The predicted octanol–water partition coefficient (Wildman–Crippen LogP) is 4.69. The first kappa shape index (κ1) is 16.2. The number of anilines is 1. The predicted molar refractivity (Wildman–Crippen MR) is 97.1 cm³/mol. The van der Waals surface area contributed by atoms with Gasteiger partial charge in [0.05, 0.1) is 0 Å². The average Bonchev–Trinajstić information content (AvgIpc) is 3.04. The van der Waals surface area contributed by atoms with Crippen molar-refractivity contribution in [3.05, 3.63) is 66.1 Å². The molecule has 3 rings (SSSR count). The van der Waals surface area contributed by atoms with E-state index in [0.717, 1.165) is 17.8 Å². The minimum Gasteiger partial charge on any atom is -0.421 e. The molecular weight excluding hydrogens is 298 g/mol. The minimum absolute atomic E-state index is 0.106. The zero-order chi connectivity index (χ0) is 17.0. The monoisotopic (exact) mass is 321 g/mol. The van der Waals surface area contributed by atoms with Crippen LogP contribution >= 0.6 is 0 Å². The Balaban J connectivity index is 1.63. The van der Waals surface area contributed by atoms with E-state index in [1.807, 2.05) is 30.3 Å². The number of hydrogen-bond acceptors (Lipinski definition) is 4. The van der Waals surface area contributed by atoms with Crippen LogP contribution in [0.5, 0.6) is 0 Å². The molecule has 1 aromatic heterocycles. The highest BCUT2D eigenvalue weighted by Crippen LogP contribution is 2.29. The van der Waals surface area contributed by atoms with E-state index < -0.39 is 0 Å². The van der Waals surface area contributed by atoms with Gasteiger partial charge in [0, 0.05) is 24.2 Å². The molecule has 1 heterocycles. The summed E-state index contributed by atoms with van der Waals surface area (Å²) in [6.45, 7) is 7.41. The lowest BCUT2D eigenvalue weighted by molar-refractivity contribution is 0.509. The van der Waals surface area contributed by atoms with Crippen LogP contribution in [-0.2, 0) is 11.8 Å². The molecule has 1 N–H and O–H groups in total. The van der Waals surface area contributed by atoms with E-state index >= 15 is 0 Å². The first-order valence-electron chi connectivity index (χ1n) is 8.25. The summed E-state index contributed by atoms with van der Waals surface area (Å²) in [5.74, 6) is 1.22. The molecule has 0 radical (unpaired) electrons. The lowest BCUT2D eigenvalue weighted by Gasteiger charge is -2.23. The molecule has 0 atom stereocenters. The van der Waals surface area contributed by atoms with Crippen molar-refractivity contribution in [2.75, 3.05) is 11.9 Å². The lowest BCUT2D eigenvalue weighted by Crippen LogP contribution is -2.16. The molecule has 2 aromatic carbocycles. The largest absolute Gasteiger partial charge is 0.421 e. The maximum Gasteiger partial charge on any atom is 0.247 e. The van der Waals surface area contributed by atoms with Crippen molar-refractivity contribution < 1.29 is 4.42 Å². The standard InChI is InChI=1S/C20H23N3O/c1-20(2,3)16-11-7-8-12-17(16)21-14-13-18-22-23-19(24-18)15-9-5-4-6-10-15/h4-12,21H,13-14H2,1-3H3. The zero-order valence-electron chi connectivity index (χ0n) is 14.4. The molecule has 4 nitrogen and oxygen atoms in total. The summed E-state index contributed by atoms with van der Waals surface area (Å²) < 4.78 is 5.74. The van der Waals surface area contributed by atoms with Crippen molar-refractivity contribution in [3.8, 4) is 11.5 Å². The van der Waals surface area contributed by atoms with E-state index in [1.165, 1.54) is 5.56 Å². The van der Waals surface area contributed by atoms with Crippen LogP contribution < -0.4 is 5.32 Å². The van der Waals surface area contributed by atoms with Crippen molar-refractivity contribution in [1.82, 2.24) is 10.2 Å². The fourth-order valence-electron chi connectivity index (χ4n) is 2.65. The average molecular weight is 321 g/mol. The fourth-order valence-corrected chi connectivity index (χ4v) is 2.65. The molecule has 0 saturated carbocycles. The molecule has 0 aliphatic carbocycles. The summed E-state index contributed by atoms with van der Waals surface area (Å²) >= 11 is 0. The first-order valence-corrected chi connectivity index (χ1v) is 8.25. The van der Waals surface area contributed by atoms with E-state index in [0.29, 0.717) is 18.2 Å². The second-order valence-corrected chi connectivity index (χ2v) is 6.84. The van der Waals surface area contributed by atoms with E-state index in [-0.39, 0.29) is 5.41 Å². The van der Waals surface area contributed by atoms with Crippen molar-refractivity contribution in [2.24, 2.45) is 0 Å². The van der Waals surface area contributed by atoms with E-state index in [2.05, 4.69) is 60.6 Å². The molecule has 0 aliphatic rings. The van der Waals surface area contributed by atoms with Gasteiger partial charge in [-0.1, -0.05) is 57.2 Å². The molecule has 0 aliphatic heterocycles. The smallest absolute Gasteiger partial charge is 0.247 e. The van der Waals surface area contributed by atoms with E-state index in [9.17, 15) is 0 Å². The molecule has 0 spiro atoms. The van der Waals surface area contributed by atoms with Gasteiger partial charge in [-0.25, -0.2) is 0 Å². The van der Waals surface area contributed by atoms with E-state index in [4.69, 9.17) is 4.42 Å². The molecule has 0 fully saturated rings. The highest BCUT2D eigenvalue weighted by atomic mass is 16.4. The quantitative estimate of drug-likeness (QED) is 0.741. The van der Waals surface area contributed by atoms with Crippen molar-refractivity contribution in [2.45, 2.75) is 32.6 Å². The summed E-state index contributed by atoms with van der Waals surface area (Å²) in [4.78, 5) is 0. The molecule has 24 heavy (non-hydrogen) atoms. The Morgan fingerprint density at radius 1 is 0.917 bits per heavy atom. The molecular formula is C20H23N3O. The van der Waals surface area contributed by atoms with Gasteiger partial charge in [0.15, 0.2) is 0 Å². The third kappa shape index (κ3) is 3.82. The molecule has 0 saturated heterocycles. The van der Waals surface area contributed by atoms with Crippen LogP contribution in [-0.4, -0.2) is 16.7 Å². The number of para-hydroxylation sites is 1. The van der Waals surface area contributed by atoms with Crippen LogP contribution in [0, 0.1) is 0 Å². The number of rotatable bonds is 5. The maximum absolute atomic E-state index is 5.74. The highest BCUT2D eigenvalue weighted by Gasteiger charge is 2.17. The summed E-state index contributed by atoms with van der Waals surface area (Å²) in [5, 5.41) is 11.8. The SMILES string of the molecule is CC(C)(C)c1ccccc1NCCc1nnc(-c2ccccc2)o1. The van der Waals surface area contributed by atoms with Gasteiger partial charge in [-0.3, -0.25) is 0 Å². The third-order valence-corrected chi connectivity index (χ3v) is 3.88. The second-order valence-electron chi connectivity index (χ2n) is 6.84. The van der Waals surface area contributed by atoms with Gasteiger partial charge in [0.25, 0.3) is 0 Å². The van der Waals surface area contributed by atoms with Crippen molar-refractivity contribution >= 4 is 5.69 Å². The number of nitrogens with zero attached hydrogens (tertiary/aromatic N) is 2. The van der Waals surface area contributed by atoms with Gasteiger partial charge in [-0.05, 0) is 29.2 Å². The van der Waals surface area contributed by atoms with Crippen molar-refractivity contribution in [1.29, 1.82) is 0 Å². The van der Waals surface area contributed by atoms with Gasteiger partial charge < -0.3 is 9.73 Å². The zero-order valence-corrected chi connectivity index (χ0v) is 14.4. The third-order valence-electron chi connectivity index (χ3n) is 3.88. The Bertz CT molecular complexity index is 788. The molecule has 0 amide bonds. The Kier molecular flexibility index (Phi) is 4.65. The normalized spacial score (nSPS) is 11.5. The summed E-state index contributed by atoms with van der Waals surface area (Å²) in [6, 6.07) is 18.2. The van der Waals surface area contributed by atoms with Crippen molar-refractivity contribution in [3.63, 3.8) is 0 Å². The minimum atomic E-state index is 0.106. The summed E-state index contributed by atoms with van der Waals surface area (Å²) in [6.07, 6.45) is 0.693. The van der Waals surface area contributed by atoms with Gasteiger partial charge in [-0.2, -0.15) is 0 Å². The van der Waals surface area contributed by atoms with Crippen LogP contribution in [0.25, 0.3) is 11.5 Å². The van der Waals surface area contributed by atoms with Crippen LogP contribution in [0.4, 0.5) is 5.69 Å². The lowest BCUT2D eigenvalue weighted by atomic mass is 9.86. The Morgan fingerprint density at radius 3 is 2.38 bits per heavy atom. The number of aromatic nitrogens is 2. The van der Waals surface area contributed by atoms with Gasteiger partial charge in [0.1, 0.15) is 0 Å². The topological polar surface area (TPSA) is 51.0 Å². The molecule has 124 valence electrons. The Hall–Kier alpha value is -2.62. The van der Waals surface area contributed by atoms with Gasteiger partial charge in [-0.15, -0.1) is 10.2 Å². The fraction of sp³-hybridized carbons (Fsp3) is 0.300. The number of nitrogens with one attached hydrogen (secondary N) is 1. The summed E-state index contributed by atoms with van der Waals surface area (Å²) in [5.41, 5.74) is 3.52. The maximum atomic E-state index is 5.74.